The fourth-order valence-electron chi connectivity index (χ4n) is 1.63. The van der Waals surface area contributed by atoms with Gasteiger partial charge in [0.15, 0.2) is 5.01 Å². The molecule has 2 aromatic heterocycles. The summed E-state index contributed by atoms with van der Waals surface area (Å²) >= 11 is 1.59. The van der Waals surface area contributed by atoms with E-state index in [4.69, 9.17) is 0 Å². The van der Waals surface area contributed by atoms with Gasteiger partial charge in [-0.05, 0) is 6.08 Å². The summed E-state index contributed by atoms with van der Waals surface area (Å²) in [5.74, 6) is -0.514. The molecule has 0 aliphatic heterocycles. The molecular formula is C17H23F3N6S. The summed E-state index contributed by atoms with van der Waals surface area (Å²) in [5, 5.41) is 15.4. The van der Waals surface area contributed by atoms with E-state index >= 15 is 0 Å². The molecule has 0 spiro atoms. The number of halogens is 3. The number of alkyl halides is 3. The van der Waals surface area contributed by atoms with E-state index in [0.717, 1.165) is 15.7 Å². The molecular weight excluding hydrogens is 377 g/mol. The van der Waals surface area contributed by atoms with E-state index in [9.17, 15) is 13.2 Å². The van der Waals surface area contributed by atoms with Crippen LogP contribution in [0.5, 0.6) is 0 Å². The lowest BCUT2D eigenvalue weighted by Crippen LogP contribution is -2.07. The average molecular weight is 400 g/mol. The number of H-pyrrole nitrogens is 1. The molecule has 0 unspecified atom stereocenters. The van der Waals surface area contributed by atoms with Gasteiger partial charge in [0.2, 0.25) is 0 Å². The molecule has 0 radical (unpaired) electrons. The first-order valence-corrected chi connectivity index (χ1v) is 9.00. The van der Waals surface area contributed by atoms with Crippen LogP contribution in [0.25, 0.3) is 0 Å². The molecule has 1 N–H and O–H groups in total. The van der Waals surface area contributed by atoms with Crippen molar-refractivity contribution in [3.05, 3.63) is 46.5 Å². The van der Waals surface area contributed by atoms with Gasteiger partial charge < -0.3 is 0 Å². The number of nitrogens with one attached hydrogen (secondary N) is 1. The average Bonchev–Trinajstić information content (AvgIpc) is 3.25. The van der Waals surface area contributed by atoms with E-state index in [1.807, 2.05) is 12.2 Å². The van der Waals surface area contributed by atoms with Crippen LogP contribution >= 0.6 is 11.3 Å². The Hall–Kier alpha value is -2.36. The maximum atomic E-state index is 11.9. The number of aromatic nitrogens is 5. The van der Waals surface area contributed by atoms with Crippen LogP contribution in [0, 0.1) is 0 Å². The van der Waals surface area contributed by atoms with Crippen molar-refractivity contribution < 1.29 is 13.2 Å². The van der Waals surface area contributed by atoms with Gasteiger partial charge in [0.1, 0.15) is 10.8 Å². The first-order valence-electron chi connectivity index (χ1n) is 8.19. The van der Waals surface area contributed by atoms with E-state index in [-0.39, 0.29) is 11.7 Å². The van der Waals surface area contributed by atoms with Gasteiger partial charge >= 0.3 is 6.18 Å². The SMILES string of the molecule is C=C/C=C\C(=NC)c1nnc(C(C)C)s1.CC(C)c1nc(C(F)(F)F)n[nH]1. The van der Waals surface area contributed by atoms with Gasteiger partial charge in [0.25, 0.3) is 5.82 Å². The Morgan fingerprint density at radius 1 is 1.19 bits per heavy atom. The quantitative estimate of drug-likeness (QED) is 0.579. The highest BCUT2D eigenvalue weighted by atomic mass is 32.1. The molecule has 0 fully saturated rings. The monoisotopic (exact) mass is 400 g/mol. The van der Waals surface area contributed by atoms with Crippen LogP contribution in [0.3, 0.4) is 0 Å². The second kappa shape index (κ2) is 10.1. The van der Waals surface area contributed by atoms with Crippen molar-refractivity contribution in [3.8, 4) is 0 Å². The molecule has 2 rings (SSSR count). The van der Waals surface area contributed by atoms with Gasteiger partial charge in [-0.3, -0.25) is 10.1 Å². The number of rotatable bonds is 5. The van der Waals surface area contributed by atoms with Crippen molar-refractivity contribution in [1.82, 2.24) is 25.4 Å². The molecule has 0 aliphatic rings. The van der Waals surface area contributed by atoms with E-state index < -0.39 is 12.0 Å². The van der Waals surface area contributed by atoms with E-state index in [0.29, 0.717) is 5.92 Å². The standard InChI is InChI=1S/C11H15N3S.C6H8F3N3/c1-5-6-7-9(12-4)11-14-13-10(15-11)8(2)3;1-3(2)4-10-5(12-11-4)6(7,8)9/h5-8H,1H2,2-4H3;3H,1-2H3,(H,10,11,12)/b7-6-,12-9?;. The summed E-state index contributed by atoms with van der Waals surface area (Å²) < 4.78 is 35.8. The largest absolute Gasteiger partial charge is 0.453 e. The lowest BCUT2D eigenvalue weighted by molar-refractivity contribution is -0.144. The molecule has 2 aromatic rings. The Kier molecular flexibility index (Phi) is 8.48. The molecule has 0 saturated carbocycles. The molecule has 0 saturated heterocycles. The Balaban J connectivity index is 0.000000277. The van der Waals surface area contributed by atoms with Crippen LogP contribution < -0.4 is 0 Å². The smallest absolute Gasteiger partial charge is 0.285 e. The van der Waals surface area contributed by atoms with Crippen LogP contribution in [0.4, 0.5) is 13.2 Å². The molecule has 0 amide bonds. The zero-order valence-electron chi connectivity index (χ0n) is 15.9. The maximum absolute atomic E-state index is 11.9. The van der Waals surface area contributed by atoms with Crippen molar-refractivity contribution in [2.75, 3.05) is 7.05 Å². The van der Waals surface area contributed by atoms with E-state index in [1.165, 1.54) is 0 Å². The first-order chi connectivity index (χ1) is 12.6. The maximum Gasteiger partial charge on any atom is 0.453 e. The summed E-state index contributed by atoms with van der Waals surface area (Å²) in [4.78, 5) is 7.45. The summed E-state index contributed by atoms with van der Waals surface area (Å²) in [7, 11) is 1.75. The Bertz CT molecular complexity index is 787. The van der Waals surface area contributed by atoms with Crippen LogP contribution in [-0.2, 0) is 6.18 Å². The fourth-order valence-corrected chi connectivity index (χ4v) is 2.49. The van der Waals surface area contributed by atoms with Crippen molar-refractivity contribution in [1.29, 1.82) is 0 Å². The van der Waals surface area contributed by atoms with Gasteiger partial charge in [-0.1, -0.05) is 57.8 Å². The van der Waals surface area contributed by atoms with Crippen LogP contribution in [-0.4, -0.2) is 38.1 Å². The predicted molar refractivity (Wildman–Crippen MR) is 101 cm³/mol. The molecule has 2 heterocycles. The lowest BCUT2D eigenvalue weighted by atomic mass is 10.2. The van der Waals surface area contributed by atoms with Crippen molar-refractivity contribution >= 4 is 17.0 Å². The minimum Gasteiger partial charge on any atom is -0.285 e. The third-order valence-electron chi connectivity index (χ3n) is 3.09. The lowest BCUT2D eigenvalue weighted by Gasteiger charge is -1.98. The number of aromatic amines is 1. The Morgan fingerprint density at radius 3 is 2.22 bits per heavy atom. The van der Waals surface area contributed by atoms with Gasteiger partial charge in [-0.25, -0.2) is 4.98 Å². The van der Waals surface area contributed by atoms with Crippen LogP contribution in [0.15, 0.2) is 29.8 Å². The van der Waals surface area contributed by atoms with E-state index in [2.05, 4.69) is 50.8 Å². The van der Waals surface area contributed by atoms with Gasteiger partial charge in [0.05, 0.1) is 5.71 Å². The minimum atomic E-state index is -4.45. The zero-order valence-corrected chi connectivity index (χ0v) is 16.7. The summed E-state index contributed by atoms with van der Waals surface area (Å²) in [6.07, 6.45) is 0.996. The minimum absolute atomic E-state index is 0.0754. The topological polar surface area (TPSA) is 79.7 Å². The van der Waals surface area contributed by atoms with Gasteiger partial charge in [0, 0.05) is 18.9 Å². The number of allylic oxidation sites excluding steroid dienone is 3. The highest BCUT2D eigenvalue weighted by Gasteiger charge is 2.36. The highest BCUT2D eigenvalue weighted by Crippen LogP contribution is 2.26. The zero-order chi connectivity index (χ0) is 20.6. The van der Waals surface area contributed by atoms with Crippen molar-refractivity contribution in [2.24, 2.45) is 4.99 Å². The molecule has 10 heteroatoms. The molecule has 0 bridgehead atoms. The third-order valence-corrected chi connectivity index (χ3v) is 4.33. The highest BCUT2D eigenvalue weighted by molar-refractivity contribution is 7.13. The summed E-state index contributed by atoms with van der Waals surface area (Å²) in [6, 6.07) is 0. The molecule has 6 nitrogen and oxygen atoms in total. The summed E-state index contributed by atoms with van der Waals surface area (Å²) in [6.45, 7) is 11.3. The molecule has 27 heavy (non-hydrogen) atoms. The molecule has 148 valence electrons. The number of hydrogen-bond acceptors (Lipinski definition) is 6. The molecule has 0 atom stereocenters. The van der Waals surface area contributed by atoms with Crippen molar-refractivity contribution in [3.63, 3.8) is 0 Å². The number of aliphatic imine (C=N–C) groups is 1. The Labute approximate surface area is 160 Å². The number of nitrogens with zero attached hydrogens (tertiary/aromatic N) is 5. The Morgan fingerprint density at radius 2 is 1.85 bits per heavy atom. The van der Waals surface area contributed by atoms with Crippen LogP contribution in [0.2, 0.25) is 0 Å². The molecule has 0 aromatic carbocycles. The normalized spacial score (nSPS) is 12.6. The second-order valence-corrected chi connectivity index (χ2v) is 7.01. The van der Waals surface area contributed by atoms with E-state index in [1.54, 1.807) is 38.3 Å². The predicted octanol–water partition coefficient (Wildman–Crippen LogP) is 4.77. The first kappa shape index (κ1) is 22.7. The van der Waals surface area contributed by atoms with Gasteiger partial charge in [-0.15, -0.1) is 15.3 Å². The van der Waals surface area contributed by atoms with Crippen molar-refractivity contribution in [2.45, 2.75) is 45.7 Å². The van der Waals surface area contributed by atoms with Crippen LogP contribution in [0.1, 0.15) is 61.2 Å². The van der Waals surface area contributed by atoms with Gasteiger partial charge in [-0.2, -0.15) is 13.2 Å². The molecule has 0 aliphatic carbocycles. The second-order valence-electron chi connectivity index (χ2n) is 6.00. The third kappa shape index (κ3) is 7.05. The number of hydrogen-bond donors (Lipinski definition) is 1. The fraction of sp³-hybridized carbons (Fsp3) is 0.471. The summed E-state index contributed by atoms with van der Waals surface area (Å²) in [5.41, 5.74) is 0.847.